The van der Waals surface area contributed by atoms with Gasteiger partial charge >= 0.3 is 0 Å². The second-order valence-electron chi connectivity index (χ2n) is 8.26. The molecular formula is C26H28N2O6S. The molecule has 9 heteroatoms. The van der Waals surface area contributed by atoms with Crippen molar-refractivity contribution >= 4 is 21.6 Å². The fourth-order valence-corrected chi connectivity index (χ4v) is 4.80. The molecule has 4 rings (SSSR count). The molecule has 1 amide bonds. The Bertz CT molecular complexity index is 1290. The lowest BCUT2D eigenvalue weighted by atomic mass is 10.1. The van der Waals surface area contributed by atoms with E-state index in [0.29, 0.717) is 36.1 Å². The average Bonchev–Trinajstić information content (AvgIpc) is 2.87. The number of benzene rings is 3. The standard InChI is InChI=1S/C26H28N2O6S/c1-18-4-11-23(12-5-18)35(30,31)28(3)21-7-9-22(10-8-21)34-17-26(29)27-19(2)20-6-13-24-25(16-20)33-15-14-32-24/h4-13,16,19H,14-15,17H2,1-3H3,(H,27,29). The maximum atomic E-state index is 12.9. The first-order valence-electron chi connectivity index (χ1n) is 11.2. The van der Waals surface area contributed by atoms with Crippen LogP contribution in [0.5, 0.6) is 17.2 Å². The van der Waals surface area contributed by atoms with Crippen molar-refractivity contribution in [3.8, 4) is 17.2 Å². The third-order valence-electron chi connectivity index (χ3n) is 5.69. The lowest BCUT2D eigenvalue weighted by Gasteiger charge is -2.21. The molecule has 3 aromatic rings. The molecule has 0 spiro atoms. The molecule has 1 atom stereocenters. The van der Waals surface area contributed by atoms with Crippen LogP contribution in [0, 0.1) is 6.92 Å². The molecule has 0 aliphatic carbocycles. The van der Waals surface area contributed by atoms with Crippen molar-refractivity contribution in [2.75, 3.05) is 31.2 Å². The zero-order valence-corrected chi connectivity index (χ0v) is 20.7. The molecule has 0 bridgehead atoms. The smallest absolute Gasteiger partial charge is 0.264 e. The minimum absolute atomic E-state index is 0.175. The molecule has 8 nitrogen and oxygen atoms in total. The van der Waals surface area contributed by atoms with Gasteiger partial charge < -0.3 is 19.5 Å². The monoisotopic (exact) mass is 496 g/mol. The Labute approximate surface area is 205 Å². The van der Waals surface area contributed by atoms with Crippen LogP contribution in [-0.4, -0.2) is 41.2 Å². The van der Waals surface area contributed by atoms with Crippen LogP contribution in [0.25, 0.3) is 0 Å². The summed E-state index contributed by atoms with van der Waals surface area (Å²) in [6.45, 7) is 4.62. The second-order valence-corrected chi connectivity index (χ2v) is 10.2. The first kappa shape index (κ1) is 24.4. The van der Waals surface area contributed by atoms with E-state index in [4.69, 9.17) is 14.2 Å². The predicted molar refractivity (Wildman–Crippen MR) is 133 cm³/mol. The zero-order chi connectivity index (χ0) is 25.0. The van der Waals surface area contributed by atoms with Gasteiger partial charge in [0.15, 0.2) is 18.1 Å². The molecule has 0 saturated heterocycles. The van der Waals surface area contributed by atoms with Crippen LogP contribution < -0.4 is 23.8 Å². The summed E-state index contributed by atoms with van der Waals surface area (Å²) >= 11 is 0. The molecule has 35 heavy (non-hydrogen) atoms. The maximum Gasteiger partial charge on any atom is 0.264 e. The van der Waals surface area contributed by atoms with E-state index in [-0.39, 0.29) is 23.5 Å². The first-order valence-corrected chi connectivity index (χ1v) is 12.7. The number of nitrogens with one attached hydrogen (secondary N) is 1. The van der Waals surface area contributed by atoms with E-state index in [1.54, 1.807) is 48.5 Å². The van der Waals surface area contributed by atoms with E-state index in [0.717, 1.165) is 11.1 Å². The Balaban J connectivity index is 1.32. The minimum atomic E-state index is -3.68. The van der Waals surface area contributed by atoms with Crippen LogP contribution in [-0.2, 0) is 14.8 Å². The van der Waals surface area contributed by atoms with Crippen molar-refractivity contribution in [1.82, 2.24) is 5.32 Å². The largest absolute Gasteiger partial charge is 0.486 e. The summed E-state index contributed by atoms with van der Waals surface area (Å²) in [6, 6.07) is 18.6. The van der Waals surface area contributed by atoms with Gasteiger partial charge in [-0.1, -0.05) is 23.8 Å². The van der Waals surface area contributed by atoms with Gasteiger partial charge in [-0.2, -0.15) is 0 Å². The Morgan fingerprint density at radius 2 is 1.66 bits per heavy atom. The van der Waals surface area contributed by atoms with Gasteiger partial charge in [0, 0.05) is 7.05 Å². The van der Waals surface area contributed by atoms with Crippen molar-refractivity contribution < 1.29 is 27.4 Å². The second kappa shape index (κ2) is 10.3. The van der Waals surface area contributed by atoms with Crippen LogP contribution in [0.1, 0.15) is 24.1 Å². The van der Waals surface area contributed by atoms with Crippen LogP contribution in [0.2, 0.25) is 0 Å². The van der Waals surface area contributed by atoms with Gasteiger partial charge in [-0.05, 0) is 67.9 Å². The zero-order valence-electron chi connectivity index (χ0n) is 19.9. The van der Waals surface area contributed by atoms with Crippen molar-refractivity contribution in [3.63, 3.8) is 0 Å². The number of hydrogen-bond acceptors (Lipinski definition) is 6. The number of carbonyl (C=O) groups excluding carboxylic acids is 1. The molecule has 1 aliphatic heterocycles. The van der Waals surface area contributed by atoms with Gasteiger partial charge in [0.1, 0.15) is 19.0 Å². The number of sulfonamides is 1. The number of carbonyl (C=O) groups is 1. The number of rotatable bonds is 8. The molecule has 1 N–H and O–H groups in total. The van der Waals surface area contributed by atoms with E-state index < -0.39 is 10.0 Å². The van der Waals surface area contributed by atoms with Crippen molar-refractivity contribution in [1.29, 1.82) is 0 Å². The van der Waals surface area contributed by atoms with E-state index >= 15 is 0 Å². The normalized spacial score (nSPS) is 13.6. The summed E-state index contributed by atoms with van der Waals surface area (Å²) in [7, 11) is -2.18. The van der Waals surface area contributed by atoms with Gasteiger partial charge in [-0.25, -0.2) is 8.42 Å². The minimum Gasteiger partial charge on any atom is -0.486 e. The Morgan fingerprint density at radius 1 is 1.00 bits per heavy atom. The molecule has 0 saturated carbocycles. The molecule has 1 aliphatic rings. The molecule has 0 aromatic heterocycles. The molecule has 1 heterocycles. The lowest BCUT2D eigenvalue weighted by Crippen LogP contribution is -2.31. The number of nitrogens with zero attached hydrogens (tertiary/aromatic N) is 1. The van der Waals surface area contributed by atoms with Crippen molar-refractivity contribution in [2.24, 2.45) is 0 Å². The van der Waals surface area contributed by atoms with Crippen LogP contribution in [0.4, 0.5) is 5.69 Å². The molecule has 0 fully saturated rings. The van der Waals surface area contributed by atoms with Crippen LogP contribution in [0.3, 0.4) is 0 Å². The summed E-state index contributed by atoms with van der Waals surface area (Å²) in [5, 5.41) is 2.90. The first-order chi connectivity index (χ1) is 16.7. The quantitative estimate of drug-likeness (QED) is 0.509. The average molecular weight is 497 g/mol. The highest BCUT2D eigenvalue weighted by Gasteiger charge is 2.21. The summed E-state index contributed by atoms with van der Waals surface area (Å²) in [4.78, 5) is 12.6. The fourth-order valence-electron chi connectivity index (χ4n) is 3.60. The predicted octanol–water partition coefficient (Wildman–Crippen LogP) is 3.85. The van der Waals surface area contributed by atoms with E-state index in [1.165, 1.54) is 11.4 Å². The number of aryl methyl sites for hydroxylation is 1. The summed E-state index contributed by atoms with van der Waals surface area (Å²) in [6.07, 6.45) is 0. The van der Waals surface area contributed by atoms with Crippen LogP contribution >= 0.6 is 0 Å². The van der Waals surface area contributed by atoms with E-state index in [1.807, 2.05) is 32.0 Å². The van der Waals surface area contributed by atoms with Gasteiger partial charge in [0.25, 0.3) is 15.9 Å². The lowest BCUT2D eigenvalue weighted by molar-refractivity contribution is -0.123. The van der Waals surface area contributed by atoms with Gasteiger partial charge in [0.05, 0.1) is 16.6 Å². The van der Waals surface area contributed by atoms with Crippen molar-refractivity contribution in [3.05, 3.63) is 77.9 Å². The fraction of sp³-hybridized carbons (Fsp3) is 0.269. The number of hydrogen-bond donors (Lipinski definition) is 1. The van der Waals surface area contributed by atoms with E-state index in [9.17, 15) is 13.2 Å². The van der Waals surface area contributed by atoms with Gasteiger partial charge in [0.2, 0.25) is 0 Å². The Morgan fingerprint density at radius 3 is 2.34 bits per heavy atom. The van der Waals surface area contributed by atoms with Crippen LogP contribution in [0.15, 0.2) is 71.6 Å². The number of ether oxygens (including phenoxy) is 3. The number of fused-ring (bicyclic) bond motifs is 1. The molecule has 3 aromatic carbocycles. The molecular weight excluding hydrogens is 468 g/mol. The SMILES string of the molecule is Cc1ccc(S(=O)(=O)N(C)c2ccc(OCC(=O)NC(C)c3ccc4c(c3)OCCO4)cc2)cc1. The van der Waals surface area contributed by atoms with Crippen molar-refractivity contribution in [2.45, 2.75) is 24.8 Å². The maximum absolute atomic E-state index is 12.9. The van der Waals surface area contributed by atoms with Gasteiger partial charge in [-0.3, -0.25) is 9.10 Å². The highest BCUT2D eigenvalue weighted by Crippen LogP contribution is 2.32. The number of anilines is 1. The summed E-state index contributed by atoms with van der Waals surface area (Å²) < 4.78 is 43.7. The van der Waals surface area contributed by atoms with Gasteiger partial charge in [-0.15, -0.1) is 0 Å². The molecule has 1 unspecified atom stereocenters. The molecule has 184 valence electrons. The Kier molecular flexibility index (Phi) is 7.16. The summed E-state index contributed by atoms with van der Waals surface area (Å²) in [5.74, 6) is 1.54. The Hall–Kier alpha value is -3.72. The highest BCUT2D eigenvalue weighted by molar-refractivity contribution is 7.92. The van der Waals surface area contributed by atoms with E-state index in [2.05, 4.69) is 5.32 Å². The third kappa shape index (κ3) is 5.68. The topological polar surface area (TPSA) is 94.2 Å². The number of amides is 1. The molecule has 0 radical (unpaired) electrons. The summed E-state index contributed by atoms with van der Waals surface area (Å²) in [5.41, 5.74) is 2.36. The highest BCUT2D eigenvalue weighted by atomic mass is 32.2. The third-order valence-corrected chi connectivity index (χ3v) is 7.49.